The number of morpholine rings is 1. The number of aromatic carboxylic acids is 1. The lowest BCUT2D eigenvalue weighted by Crippen LogP contribution is -2.42. The summed E-state index contributed by atoms with van der Waals surface area (Å²) in [5, 5.41) is 15.5. The first kappa shape index (κ1) is 21.3. The fourth-order valence-corrected chi connectivity index (χ4v) is 3.53. The van der Waals surface area contributed by atoms with Crippen LogP contribution in [-0.4, -0.2) is 65.8 Å². The number of carboxylic acid groups (broad SMARTS) is 1. The number of benzene rings is 1. The molecule has 0 atom stereocenters. The highest BCUT2D eigenvalue weighted by Gasteiger charge is 2.23. The maximum atomic E-state index is 12.1. The minimum Gasteiger partial charge on any atom is -0.477 e. The SMILES string of the molecule is O=C(NCCN1CCOCC1)Nc1snc(OCc2ccc(Cl)cc2)c1C(=O)O. The summed E-state index contributed by atoms with van der Waals surface area (Å²) in [6.45, 7) is 4.30. The standard InChI is InChI=1S/C18H21ClN4O5S/c19-13-3-1-12(2-4-13)11-28-15-14(17(24)25)16(29-22-15)21-18(26)20-5-6-23-7-9-27-10-8-23/h1-4H,5-11H2,(H,24,25)(H2,20,21,26). The van der Waals surface area contributed by atoms with Crippen molar-refractivity contribution >= 4 is 40.1 Å². The molecule has 1 aromatic carbocycles. The molecule has 2 amide bonds. The number of amides is 2. The van der Waals surface area contributed by atoms with Crippen molar-refractivity contribution in [2.24, 2.45) is 0 Å². The Balaban J connectivity index is 1.53. The number of halogens is 1. The van der Waals surface area contributed by atoms with Crippen LogP contribution in [0, 0.1) is 0 Å². The zero-order valence-electron chi connectivity index (χ0n) is 15.5. The van der Waals surface area contributed by atoms with Crippen LogP contribution < -0.4 is 15.4 Å². The molecule has 1 aliphatic heterocycles. The maximum absolute atomic E-state index is 12.1. The van der Waals surface area contributed by atoms with Gasteiger partial charge in [-0.2, -0.15) is 4.37 Å². The summed E-state index contributed by atoms with van der Waals surface area (Å²) in [7, 11) is 0. The van der Waals surface area contributed by atoms with Crippen LogP contribution in [0.3, 0.4) is 0 Å². The van der Waals surface area contributed by atoms with Gasteiger partial charge in [0.25, 0.3) is 0 Å². The summed E-state index contributed by atoms with van der Waals surface area (Å²) in [4.78, 5) is 25.9. The van der Waals surface area contributed by atoms with Crippen molar-refractivity contribution in [2.75, 3.05) is 44.7 Å². The second-order valence-corrected chi connectivity index (χ2v) is 7.46. The van der Waals surface area contributed by atoms with E-state index in [0.29, 0.717) is 31.3 Å². The topological polar surface area (TPSA) is 113 Å². The Kier molecular flexibility index (Phi) is 7.64. The maximum Gasteiger partial charge on any atom is 0.344 e. The summed E-state index contributed by atoms with van der Waals surface area (Å²) in [5.41, 5.74) is 0.640. The monoisotopic (exact) mass is 440 g/mol. The van der Waals surface area contributed by atoms with Crippen LogP contribution in [-0.2, 0) is 11.3 Å². The third kappa shape index (κ3) is 6.29. The van der Waals surface area contributed by atoms with Crippen LogP contribution in [0.1, 0.15) is 15.9 Å². The van der Waals surface area contributed by atoms with Gasteiger partial charge in [-0.3, -0.25) is 10.2 Å². The van der Waals surface area contributed by atoms with Gasteiger partial charge in [0.05, 0.1) is 13.2 Å². The van der Waals surface area contributed by atoms with Gasteiger partial charge in [0, 0.05) is 31.2 Å². The van der Waals surface area contributed by atoms with Crippen molar-refractivity contribution in [3.63, 3.8) is 0 Å². The normalized spacial score (nSPS) is 14.4. The predicted molar refractivity (Wildman–Crippen MR) is 109 cm³/mol. The van der Waals surface area contributed by atoms with Crippen LogP contribution in [0.25, 0.3) is 0 Å². The number of nitrogens with zero attached hydrogens (tertiary/aromatic N) is 2. The Bertz CT molecular complexity index is 839. The number of carboxylic acids is 1. The molecule has 29 heavy (non-hydrogen) atoms. The molecule has 0 saturated carbocycles. The Labute approximate surface area is 176 Å². The third-order valence-electron chi connectivity index (χ3n) is 4.21. The number of anilines is 1. The van der Waals surface area contributed by atoms with E-state index in [9.17, 15) is 14.7 Å². The van der Waals surface area contributed by atoms with Crippen molar-refractivity contribution in [3.05, 3.63) is 40.4 Å². The van der Waals surface area contributed by atoms with Crippen LogP contribution in [0.4, 0.5) is 9.80 Å². The van der Waals surface area contributed by atoms with E-state index in [-0.39, 0.29) is 23.1 Å². The molecule has 1 saturated heterocycles. The van der Waals surface area contributed by atoms with E-state index in [2.05, 4.69) is 19.9 Å². The molecule has 9 nitrogen and oxygen atoms in total. The molecule has 3 N–H and O–H groups in total. The Morgan fingerprint density at radius 2 is 2.00 bits per heavy atom. The molecule has 0 aliphatic carbocycles. The summed E-state index contributed by atoms with van der Waals surface area (Å²) in [6.07, 6.45) is 0. The van der Waals surface area contributed by atoms with E-state index in [1.165, 1.54) is 0 Å². The first-order valence-corrected chi connectivity index (χ1v) is 10.1. The number of hydrogen-bond acceptors (Lipinski definition) is 7. The van der Waals surface area contributed by atoms with Gasteiger partial charge in [-0.05, 0) is 29.2 Å². The fourth-order valence-electron chi connectivity index (χ4n) is 2.68. The summed E-state index contributed by atoms with van der Waals surface area (Å²) in [5.74, 6) is -1.27. The van der Waals surface area contributed by atoms with Crippen LogP contribution in [0.5, 0.6) is 5.88 Å². The minimum atomic E-state index is -1.23. The lowest BCUT2D eigenvalue weighted by Gasteiger charge is -2.26. The van der Waals surface area contributed by atoms with E-state index in [4.69, 9.17) is 21.1 Å². The van der Waals surface area contributed by atoms with Gasteiger partial charge in [0.1, 0.15) is 11.6 Å². The smallest absolute Gasteiger partial charge is 0.344 e. The van der Waals surface area contributed by atoms with Gasteiger partial charge in [0.15, 0.2) is 5.56 Å². The number of rotatable bonds is 8. The largest absolute Gasteiger partial charge is 0.477 e. The molecule has 11 heteroatoms. The molecule has 0 radical (unpaired) electrons. The number of aromatic nitrogens is 1. The number of urea groups is 1. The molecule has 3 rings (SSSR count). The molecule has 0 bridgehead atoms. The van der Waals surface area contributed by atoms with Crippen LogP contribution >= 0.6 is 23.1 Å². The van der Waals surface area contributed by atoms with Crippen LogP contribution in [0.15, 0.2) is 24.3 Å². The number of hydrogen-bond donors (Lipinski definition) is 3. The van der Waals surface area contributed by atoms with Gasteiger partial charge < -0.3 is 19.9 Å². The highest BCUT2D eigenvalue weighted by atomic mass is 35.5. The Morgan fingerprint density at radius 1 is 1.28 bits per heavy atom. The molecule has 1 fully saturated rings. The van der Waals surface area contributed by atoms with Gasteiger partial charge in [-0.1, -0.05) is 23.7 Å². The molecule has 0 unspecified atom stereocenters. The third-order valence-corrected chi connectivity index (χ3v) is 5.21. The van der Waals surface area contributed by atoms with E-state index in [1.807, 2.05) is 0 Å². The lowest BCUT2D eigenvalue weighted by atomic mass is 10.2. The van der Waals surface area contributed by atoms with Gasteiger partial charge in [-0.25, -0.2) is 9.59 Å². The number of carbonyl (C=O) groups is 2. The molecule has 1 aromatic heterocycles. The van der Waals surface area contributed by atoms with Gasteiger partial charge >= 0.3 is 12.0 Å². The lowest BCUT2D eigenvalue weighted by molar-refractivity contribution is 0.0388. The highest BCUT2D eigenvalue weighted by Crippen LogP contribution is 2.31. The average molecular weight is 441 g/mol. The number of ether oxygens (including phenoxy) is 2. The number of nitrogens with one attached hydrogen (secondary N) is 2. The summed E-state index contributed by atoms with van der Waals surface area (Å²) >= 11 is 6.70. The minimum absolute atomic E-state index is 0.0407. The van der Waals surface area contributed by atoms with Crippen LogP contribution in [0.2, 0.25) is 5.02 Å². The van der Waals surface area contributed by atoms with Gasteiger partial charge in [-0.15, -0.1) is 0 Å². The van der Waals surface area contributed by atoms with Crippen molar-refractivity contribution in [2.45, 2.75) is 6.61 Å². The predicted octanol–water partition coefficient (Wildman–Crippen LogP) is 2.53. The fraction of sp³-hybridized carbons (Fsp3) is 0.389. The van der Waals surface area contributed by atoms with E-state index in [1.54, 1.807) is 24.3 Å². The second-order valence-electron chi connectivity index (χ2n) is 6.25. The quantitative estimate of drug-likeness (QED) is 0.578. The van der Waals surface area contributed by atoms with E-state index >= 15 is 0 Å². The highest BCUT2D eigenvalue weighted by molar-refractivity contribution is 7.11. The summed E-state index contributed by atoms with van der Waals surface area (Å²) < 4.78 is 14.8. The Morgan fingerprint density at radius 3 is 2.69 bits per heavy atom. The molecular formula is C18H21ClN4O5S. The molecule has 1 aliphatic rings. The number of carbonyl (C=O) groups excluding carboxylic acids is 1. The molecule has 2 heterocycles. The van der Waals surface area contributed by atoms with Gasteiger partial charge in [0.2, 0.25) is 5.88 Å². The van der Waals surface area contributed by atoms with E-state index in [0.717, 1.165) is 30.2 Å². The van der Waals surface area contributed by atoms with Crippen molar-refractivity contribution in [1.82, 2.24) is 14.6 Å². The Hall–Kier alpha value is -2.40. The van der Waals surface area contributed by atoms with Crippen molar-refractivity contribution in [1.29, 1.82) is 0 Å². The molecular weight excluding hydrogens is 420 g/mol. The zero-order chi connectivity index (χ0) is 20.6. The first-order valence-electron chi connectivity index (χ1n) is 8.98. The average Bonchev–Trinajstić information content (AvgIpc) is 3.11. The van der Waals surface area contributed by atoms with Crippen molar-refractivity contribution in [3.8, 4) is 5.88 Å². The molecule has 2 aromatic rings. The zero-order valence-corrected chi connectivity index (χ0v) is 17.1. The first-order chi connectivity index (χ1) is 14.0. The van der Waals surface area contributed by atoms with Crippen molar-refractivity contribution < 1.29 is 24.2 Å². The summed E-state index contributed by atoms with van der Waals surface area (Å²) in [6, 6.07) is 6.49. The van der Waals surface area contributed by atoms with E-state index < -0.39 is 12.0 Å². The second kappa shape index (κ2) is 10.4. The molecule has 0 spiro atoms. The molecule has 156 valence electrons.